The predicted octanol–water partition coefficient (Wildman–Crippen LogP) is -0.113. The highest BCUT2D eigenvalue weighted by molar-refractivity contribution is 7.88. The van der Waals surface area contributed by atoms with Gasteiger partial charge in [-0.1, -0.05) is 0 Å². The molecule has 9 heteroatoms. The minimum absolute atomic E-state index is 0.117. The smallest absolute Gasteiger partial charge is 0.316 e. The molecule has 0 saturated carbocycles. The van der Waals surface area contributed by atoms with E-state index in [2.05, 4.69) is 15.3 Å². The van der Waals surface area contributed by atoms with Gasteiger partial charge in [-0.15, -0.1) is 0 Å². The van der Waals surface area contributed by atoms with Crippen molar-refractivity contribution in [1.29, 1.82) is 0 Å². The van der Waals surface area contributed by atoms with Crippen LogP contribution in [-0.4, -0.2) is 61.6 Å². The Morgan fingerprint density at radius 3 is 2.73 bits per heavy atom. The summed E-state index contributed by atoms with van der Waals surface area (Å²) in [5, 5.41) is 2.80. The summed E-state index contributed by atoms with van der Waals surface area (Å²) in [6.45, 7) is 1.42. The normalized spacial score (nSPS) is 19.6. The standard InChI is InChI=1S/C13H20N4O4S/c1-21-13-15-7-11(8-16-13)12(18)14-6-10-4-3-5-17(9-10)22(2,19)20/h7-8,10H,3-6,9H2,1-2H3,(H,14,18)/t10-/m0/s1. The third-order valence-corrected chi connectivity index (χ3v) is 4.84. The number of rotatable bonds is 5. The lowest BCUT2D eigenvalue weighted by Crippen LogP contribution is -2.43. The Labute approximate surface area is 129 Å². The third kappa shape index (κ3) is 4.38. The lowest BCUT2D eigenvalue weighted by atomic mass is 9.99. The highest BCUT2D eigenvalue weighted by Gasteiger charge is 2.26. The number of aromatic nitrogens is 2. The number of methoxy groups -OCH3 is 1. The molecule has 0 aliphatic carbocycles. The highest BCUT2D eigenvalue weighted by atomic mass is 32.2. The number of ether oxygens (including phenoxy) is 1. The van der Waals surface area contributed by atoms with Gasteiger partial charge >= 0.3 is 6.01 Å². The molecule has 0 spiro atoms. The fourth-order valence-electron chi connectivity index (χ4n) is 2.37. The van der Waals surface area contributed by atoms with Crippen LogP contribution >= 0.6 is 0 Å². The van der Waals surface area contributed by atoms with Crippen molar-refractivity contribution in [3.8, 4) is 6.01 Å². The van der Waals surface area contributed by atoms with Crippen LogP contribution in [0.3, 0.4) is 0 Å². The fourth-order valence-corrected chi connectivity index (χ4v) is 3.32. The van der Waals surface area contributed by atoms with Crippen molar-refractivity contribution in [1.82, 2.24) is 19.6 Å². The first-order valence-electron chi connectivity index (χ1n) is 6.99. The topological polar surface area (TPSA) is 101 Å². The molecule has 0 radical (unpaired) electrons. The second kappa shape index (κ2) is 7.01. The summed E-state index contributed by atoms with van der Waals surface area (Å²) in [6, 6.07) is 0.202. The number of carbonyl (C=O) groups excluding carboxylic acids is 1. The van der Waals surface area contributed by atoms with Crippen molar-refractivity contribution in [2.45, 2.75) is 12.8 Å². The lowest BCUT2D eigenvalue weighted by molar-refractivity contribution is 0.0940. The molecule has 2 rings (SSSR count). The average Bonchev–Trinajstić information content (AvgIpc) is 2.52. The largest absolute Gasteiger partial charge is 0.467 e. The molecule has 2 heterocycles. The van der Waals surface area contributed by atoms with Crippen LogP contribution in [0.25, 0.3) is 0 Å². The lowest BCUT2D eigenvalue weighted by Gasteiger charge is -2.30. The van der Waals surface area contributed by atoms with Gasteiger partial charge in [0.25, 0.3) is 5.91 Å². The Morgan fingerprint density at radius 1 is 1.45 bits per heavy atom. The Kier molecular flexibility index (Phi) is 5.30. The Morgan fingerprint density at radius 2 is 2.14 bits per heavy atom. The molecule has 0 bridgehead atoms. The van der Waals surface area contributed by atoms with Crippen molar-refractivity contribution in [3.05, 3.63) is 18.0 Å². The maximum absolute atomic E-state index is 12.0. The first kappa shape index (κ1) is 16.6. The van der Waals surface area contributed by atoms with Crippen molar-refractivity contribution in [3.63, 3.8) is 0 Å². The summed E-state index contributed by atoms with van der Waals surface area (Å²) < 4.78 is 29.4. The molecule has 1 amide bonds. The molecule has 122 valence electrons. The van der Waals surface area contributed by atoms with Gasteiger partial charge in [0.15, 0.2) is 0 Å². The molecule has 1 fully saturated rings. The van der Waals surface area contributed by atoms with Crippen LogP contribution in [0.15, 0.2) is 12.4 Å². The number of amides is 1. The number of hydrogen-bond donors (Lipinski definition) is 1. The van der Waals surface area contributed by atoms with Gasteiger partial charge < -0.3 is 10.1 Å². The van der Waals surface area contributed by atoms with E-state index in [1.54, 1.807) is 0 Å². The molecule has 1 atom stereocenters. The second-order valence-electron chi connectivity index (χ2n) is 5.30. The van der Waals surface area contributed by atoms with Crippen LogP contribution in [0.2, 0.25) is 0 Å². The van der Waals surface area contributed by atoms with Crippen LogP contribution in [0.5, 0.6) is 6.01 Å². The molecule has 1 aromatic heterocycles. The molecular formula is C13H20N4O4S. The summed E-state index contributed by atoms with van der Waals surface area (Å²) in [5.74, 6) is -0.161. The number of nitrogens with one attached hydrogen (secondary N) is 1. The van der Waals surface area contributed by atoms with Gasteiger partial charge in [0.1, 0.15) is 0 Å². The molecule has 8 nitrogen and oxygen atoms in total. The van der Waals surface area contributed by atoms with Gasteiger partial charge in [-0.05, 0) is 18.8 Å². The van der Waals surface area contributed by atoms with Gasteiger partial charge in [-0.2, -0.15) is 0 Å². The van der Waals surface area contributed by atoms with Gasteiger partial charge in [-0.3, -0.25) is 4.79 Å². The number of carbonyl (C=O) groups is 1. The van der Waals surface area contributed by atoms with E-state index in [1.165, 1.54) is 30.1 Å². The summed E-state index contributed by atoms with van der Waals surface area (Å²) in [6.07, 6.45) is 5.70. The highest BCUT2D eigenvalue weighted by Crippen LogP contribution is 2.18. The van der Waals surface area contributed by atoms with Crippen LogP contribution in [0, 0.1) is 5.92 Å². The zero-order chi connectivity index (χ0) is 16.2. The molecule has 1 aliphatic heterocycles. The molecule has 1 N–H and O–H groups in total. The number of nitrogens with zero attached hydrogens (tertiary/aromatic N) is 3. The van der Waals surface area contributed by atoms with Crippen molar-refractivity contribution >= 4 is 15.9 Å². The van der Waals surface area contributed by atoms with E-state index in [0.29, 0.717) is 25.2 Å². The molecule has 1 aliphatic rings. The monoisotopic (exact) mass is 328 g/mol. The van der Waals surface area contributed by atoms with Crippen LogP contribution in [0.4, 0.5) is 0 Å². The number of sulfonamides is 1. The van der Waals surface area contributed by atoms with E-state index in [1.807, 2.05) is 0 Å². The van der Waals surface area contributed by atoms with E-state index in [4.69, 9.17) is 4.74 Å². The summed E-state index contributed by atoms with van der Waals surface area (Å²) >= 11 is 0. The number of hydrogen-bond acceptors (Lipinski definition) is 6. The SMILES string of the molecule is COc1ncc(C(=O)NC[C@@H]2CCCN(S(C)(=O)=O)C2)cn1. The minimum Gasteiger partial charge on any atom is -0.467 e. The van der Waals surface area contributed by atoms with Gasteiger partial charge in [0, 0.05) is 32.0 Å². The van der Waals surface area contributed by atoms with Crippen LogP contribution < -0.4 is 10.1 Å². The van der Waals surface area contributed by atoms with E-state index >= 15 is 0 Å². The Bertz CT molecular complexity index is 617. The first-order chi connectivity index (χ1) is 10.4. The van der Waals surface area contributed by atoms with Crippen molar-refractivity contribution in [2.75, 3.05) is 33.0 Å². The zero-order valence-electron chi connectivity index (χ0n) is 12.7. The van der Waals surface area contributed by atoms with Crippen LogP contribution in [0.1, 0.15) is 23.2 Å². The van der Waals surface area contributed by atoms with E-state index in [0.717, 1.165) is 12.8 Å². The van der Waals surface area contributed by atoms with Crippen LogP contribution in [-0.2, 0) is 10.0 Å². The van der Waals surface area contributed by atoms with Crippen molar-refractivity contribution in [2.24, 2.45) is 5.92 Å². The molecule has 0 unspecified atom stereocenters. The van der Waals surface area contributed by atoms with E-state index < -0.39 is 10.0 Å². The first-order valence-corrected chi connectivity index (χ1v) is 8.84. The maximum atomic E-state index is 12.0. The third-order valence-electron chi connectivity index (χ3n) is 3.57. The molecule has 22 heavy (non-hydrogen) atoms. The van der Waals surface area contributed by atoms with Gasteiger partial charge in [-0.25, -0.2) is 22.7 Å². The minimum atomic E-state index is -3.17. The average molecular weight is 328 g/mol. The maximum Gasteiger partial charge on any atom is 0.316 e. The van der Waals surface area contributed by atoms with Crippen molar-refractivity contribution < 1.29 is 17.9 Å². The Balaban J connectivity index is 1.87. The summed E-state index contributed by atoms with van der Waals surface area (Å²) in [5.41, 5.74) is 0.344. The Hall–Kier alpha value is -1.74. The number of piperidine rings is 1. The fraction of sp³-hybridized carbons (Fsp3) is 0.615. The summed E-state index contributed by atoms with van der Waals surface area (Å²) in [7, 11) is -1.72. The predicted molar refractivity (Wildman–Crippen MR) is 80.1 cm³/mol. The van der Waals surface area contributed by atoms with Gasteiger partial charge in [0.2, 0.25) is 10.0 Å². The zero-order valence-corrected chi connectivity index (χ0v) is 13.5. The quantitative estimate of drug-likeness (QED) is 0.809. The van der Waals surface area contributed by atoms with Gasteiger partial charge in [0.05, 0.1) is 18.9 Å². The molecule has 1 aromatic rings. The molecule has 1 saturated heterocycles. The summed E-state index contributed by atoms with van der Waals surface area (Å²) in [4.78, 5) is 19.8. The van der Waals surface area contributed by atoms with E-state index in [-0.39, 0.29) is 17.8 Å². The van der Waals surface area contributed by atoms with E-state index in [9.17, 15) is 13.2 Å². The second-order valence-corrected chi connectivity index (χ2v) is 7.28. The molecule has 0 aromatic carbocycles. The molecular weight excluding hydrogens is 308 g/mol.